The number of hydrogen-bond donors (Lipinski definition) is 1. The number of pyridine rings is 1. The van der Waals surface area contributed by atoms with Gasteiger partial charge in [0.15, 0.2) is 0 Å². The molecule has 0 radical (unpaired) electrons. The predicted octanol–water partition coefficient (Wildman–Crippen LogP) is 2.20. The fraction of sp³-hybridized carbons (Fsp3) is 0.375. The third kappa shape index (κ3) is 1.69. The molecule has 4 rings (SSSR count). The van der Waals surface area contributed by atoms with E-state index in [0.717, 1.165) is 41.5 Å². The molecule has 0 spiro atoms. The van der Waals surface area contributed by atoms with Crippen LogP contribution in [0.4, 0.5) is 0 Å². The predicted molar refractivity (Wildman–Crippen MR) is 74.2 cm³/mol. The Kier molecular flexibility index (Phi) is 2.42. The van der Waals surface area contributed by atoms with Crippen LogP contribution in [0.25, 0.3) is 10.9 Å². The highest BCUT2D eigenvalue weighted by molar-refractivity contribution is 5.90. The lowest BCUT2D eigenvalue weighted by molar-refractivity contribution is -0.122. The van der Waals surface area contributed by atoms with Crippen LogP contribution in [-0.4, -0.2) is 23.4 Å². The van der Waals surface area contributed by atoms with Gasteiger partial charge < -0.3 is 5.32 Å². The number of aryl methyl sites for hydroxylation is 1. The number of benzene rings is 1. The standard InChI is InChI=1S/C16H16N2O/c19-15-7-8-17-14-6-5-13-11(16(14)15)9-10-3-1-2-4-12(10)18-13/h1-4,9,14,16-17H,5-8H2. The summed E-state index contributed by atoms with van der Waals surface area (Å²) in [6.07, 6.45) is 2.64. The van der Waals surface area contributed by atoms with Crippen molar-refractivity contribution in [2.45, 2.75) is 31.2 Å². The first-order chi connectivity index (χ1) is 9.33. The summed E-state index contributed by atoms with van der Waals surface area (Å²) in [6.45, 7) is 0.830. The van der Waals surface area contributed by atoms with Crippen molar-refractivity contribution in [2.75, 3.05) is 6.54 Å². The monoisotopic (exact) mass is 252 g/mol. The number of Topliss-reactive ketones (excluding diaryl/α,β-unsaturated/α-hetero) is 1. The lowest BCUT2D eigenvalue weighted by Crippen LogP contribution is -2.47. The normalized spacial score (nSPS) is 26.0. The van der Waals surface area contributed by atoms with E-state index in [1.165, 1.54) is 0 Å². The molecule has 2 aliphatic rings. The van der Waals surface area contributed by atoms with E-state index >= 15 is 0 Å². The van der Waals surface area contributed by atoms with Crippen molar-refractivity contribution in [1.29, 1.82) is 0 Å². The summed E-state index contributed by atoms with van der Waals surface area (Å²) in [7, 11) is 0. The minimum absolute atomic E-state index is 0.0228. The number of rotatable bonds is 0. The molecule has 1 aliphatic heterocycles. The summed E-state index contributed by atoms with van der Waals surface area (Å²) in [5.74, 6) is 0.399. The van der Waals surface area contributed by atoms with E-state index in [2.05, 4.69) is 17.4 Å². The van der Waals surface area contributed by atoms with Crippen LogP contribution in [-0.2, 0) is 11.2 Å². The van der Waals surface area contributed by atoms with E-state index in [4.69, 9.17) is 4.98 Å². The first kappa shape index (κ1) is 11.1. The molecule has 1 saturated heterocycles. The number of ketones is 1. The summed E-state index contributed by atoms with van der Waals surface area (Å²) in [5.41, 5.74) is 3.32. The Morgan fingerprint density at radius 1 is 1.21 bits per heavy atom. The van der Waals surface area contributed by atoms with E-state index in [0.29, 0.717) is 18.2 Å². The second-order valence-corrected chi connectivity index (χ2v) is 5.51. The number of hydrogen-bond acceptors (Lipinski definition) is 3. The van der Waals surface area contributed by atoms with Crippen molar-refractivity contribution in [3.8, 4) is 0 Å². The van der Waals surface area contributed by atoms with Crippen LogP contribution < -0.4 is 5.32 Å². The zero-order valence-corrected chi connectivity index (χ0v) is 10.7. The summed E-state index contributed by atoms with van der Waals surface area (Å²) >= 11 is 0. The number of nitrogens with one attached hydrogen (secondary N) is 1. The van der Waals surface area contributed by atoms with Crippen LogP contribution in [0.5, 0.6) is 0 Å². The van der Waals surface area contributed by atoms with Crippen molar-refractivity contribution in [2.24, 2.45) is 0 Å². The lowest BCUT2D eigenvalue weighted by atomic mass is 9.76. The van der Waals surface area contributed by atoms with Crippen molar-refractivity contribution in [3.63, 3.8) is 0 Å². The van der Waals surface area contributed by atoms with E-state index < -0.39 is 0 Å². The molecule has 19 heavy (non-hydrogen) atoms. The van der Waals surface area contributed by atoms with Gasteiger partial charge in [-0.25, -0.2) is 0 Å². The van der Waals surface area contributed by atoms with Crippen LogP contribution in [0.3, 0.4) is 0 Å². The Balaban J connectivity index is 1.91. The highest BCUT2D eigenvalue weighted by Crippen LogP contribution is 2.35. The molecule has 2 unspecified atom stereocenters. The maximum Gasteiger partial charge on any atom is 0.143 e. The largest absolute Gasteiger partial charge is 0.312 e. The molecule has 2 aromatic rings. The topological polar surface area (TPSA) is 42.0 Å². The van der Waals surface area contributed by atoms with Gasteiger partial charge in [0.25, 0.3) is 0 Å². The van der Waals surface area contributed by atoms with Gasteiger partial charge in [0.2, 0.25) is 0 Å². The van der Waals surface area contributed by atoms with Gasteiger partial charge in [-0.15, -0.1) is 0 Å². The second-order valence-electron chi connectivity index (χ2n) is 5.51. The van der Waals surface area contributed by atoms with E-state index in [-0.39, 0.29) is 5.92 Å². The number of aromatic nitrogens is 1. The minimum Gasteiger partial charge on any atom is -0.312 e. The zero-order chi connectivity index (χ0) is 12.8. The Bertz CT molecular complexity index is 665. The van der Waals surface area contributed by atoms with E-state index in [1.54, 1.807) is 0 Å². The Morgan fingerprint density at radius 3 is 3.05 bits per heavy atom. The second kappa shape index (κ2) is 4.14. The molecule has 0 amide bonds. The van der Waals surface area contributed by atoms with Crippen molar-refractivity contribution in [3.05, 3.63) is 41.6 Å². The van der Waals surface area contributed by atoms with Crippen molar-refractivity contribution >= 4 is 16.7 Å². The number of piperidine rings is 1. The Hall–Kier alpha value is -1.74. The summed E-state index contributed by atoms with van der Waals surface area (Å²) < 4.78 is 0. The SMILES string of the molecule is O=C1CCNC2CCc3nc4ccccc4cc3C12. The molecule has 2 heterocycles. The van der Waals surface area contributed by atoms with Gasteiger partial charge in [0, 0.05) is 30.1 Å². The fourth-order valence-electron chi connectivity index (χ4n) is 3.47. The Morgan fingerprint density at radius 2 is 2.11 bits per heavy atom. The molecule has 3 nitrogen and oxygen atoms in total. The Labute approximate surface area is 112 Å². The number of carbonyl (C=O) groups is 1. The number of carbonyl (C=O) groups excluding carboxylic acids is 1. The first-order valence-corrected chi connectivity index (χ1v) is 6.97. The summed E-state index contributed by atoms with van der Waals surface area (Å²) in [5, 5.41) is 4.63. The smallest absolute Gasteiger partial charge is 0.143 e. The van der Waals surface area contributed by atoms with E-state index in [9.17, 15) is 4.79 Å². The molecular formula is C16H16N2O. The average Bonchev–Trinajstić information content (AvgIpc) is 2.45. The molecular weight excluding hydrogens is 236 g/mol. The molecule has 1 fully saturated rings. The van der Waals surface area contributed by atoms with Crippen LogP contribution in [0.2, 0.25) is 0 Å². The van der Waals surface area contributed by atoms with Gasteiger partial charge in [-0.2, -0.15) is 0 Å². The summed E-state index contributed by atoms with van der Waals surface area (Å²) in [4.78, 5) is 17.0. The molecule has 1 aliphatic carbocycles. The zero-order valence-electron chi connectivity index (χ0n) is 10.7. The molecule has 0 bridgehead atoms. The maximum atomic E-state index is 12.3. The molecule has 3 heteroatoms. The third-order valence-corrected chi connectivity index (χ3v) is 4.39. The average molecular weight is 252 g/mol. The highest BCUT2D eigenvalue weighted by Gasteiger charge is 2.37. The molecule has 0 saturated carbocycles. The van der Waals surface area contributed by atoms with Gasteiger partial charge in [0.05, 0.1) is 11.4 Å². The number of nitrogens with zero attached hydrogens (tertiary/aromatic N) is 1. The minimum atomic E-state index is 0.0228. The van der Waals surface area contributed by atoms with Gasteiger partial charge in [-0.05, 0) is 30.5 Å². The van der Waals surface area contributed by atoms with Crippen LogP contribution in [0.1, 0.15) is 30.0 Å². The van der Waals surface area contributed by atoms with Crippen LogP contribution >= 0.6 is 0 Å². The van der Waals surface area contributed by atoms with Crippen LogP contribution in [0, 0.1) is 0 Å². The fourth-order valence-corrected chi connectivity index (χ4v) is 3.47. The lowest BCUT2D eigenvalue weighted by Gasteiger charge is -2.36. The molecule has 2 atom stereocenters. The molecule has 1 aromatic carbocycles. The molecule has 1 aromatic heterocycles. The first-order valence-electron chi connectivity index (χ1n) is 6.97. The van der Waals surface area contributed by atoms with E-state index in [1.807, 2.05) is 18.2 Å². The quantitative estimate of drug-likeness (QED) is 0.781. The van der Waals surface area contributed by atoms with Gasteiger partial charge >= 0.3 is 0 Å². The molecule has 96 valence electrons. The van der Waals surface area contributed by atoms with Crippen LogP contribution in [0.15, 0.2) is 30.3 Å². The van der Waals surface area contributed by atoms with Gasteiger partial charge in [-0.1, -0.05) is 18.2 Å². The van der Waals surface area contributed by atoms with Gasteiger partial charge in [0.1, 0.15) is 5.78 Å². The van der Waals surface area contributed by atoms with Crippen molar-refractivity contribution in [1.82, 2.24) is 10.3 Å². The number of fused-ring (bicyclic) bond motifs is 4. The van der Waals surface area contributed by atoms with Crippen molar-refractivity contribution < 1.29 is 4.79 Å². The highest BCUT2D eigenvalue weighted by atomic mass is 16.1. The summed E-state index contributed by atoms with van der Waals surface area (Å²) in [6, 6.07) is 10.7. The third-order valence-electron chi connectivity index (χ3n) is 4.39. The molecule has 1 N–H and O–H groups in total. The maximum absolute atomic E-state index is 12.3. The number of para-hydroxylation sites is 1. The van der Waals surface area contributed by atoms with Gasteiger partial charge in [-0.3, -0.25) is 9.78 Å².